The molecule has 0 aliphatic carbocycles. The molecule has 8 heteroatoms. The van der Waals surface area contributed by atoms with Crippen LogP contribution in [0.15, 0.2) is 16.4 Å². The number of carbonyl (C=O) groups is 2. The summed E-state index contributed by atoms with van der Waals surface area (Å²) in [6, 6.07) is -0.454. The van der Waals surface area contributed by atoms with Gasteiger partial charge in [-0.25, -0.2) is 14.6 Å². The number of nitrogens with zero attached hydrogens (tertiary/aromatic N) is 4. The lowest BCUT2D eigenvalue weighted by Crippen LogP contribution is -2.59. The summed E-state index contributed by atoms with van der Waals surface area (Å²) in [6.45, 7) is 6.55. The number of nitrogens with one attached hydrogen (secondary N) is 1. The fraction of sp³-hybridized carbons (Fsp3) is 0.688. The molecule has 0 saturated carbocycles. The number of quaternary nitrogens is 1. The van der Waals surface area contributed by atoms with Crippen molar-refractivity contribution in [1.29, 1.82) is 0 Å². The van der Waals surface area contributed by atoms with Gasteiger partial charge in [0.1, 0.15) is 13.2 Å². The summed E-state index contributed by atoms with van der Waals surface area (Å²) < 4.78 is -0.402. The predicted molar refractivity (Wildman–Crippen MR) is 87.2 cm³/mol. The number of fused-ring (bicyclic) bond motifs is 2. The van der Waals surface area contributed by atoms with E-state index in [9.17, 15) is 14.5 Å². The highest BCUT2D eigenvalue weighted by Crippen LogP contribution is 2.39. The first-order chi connectivity index (χ1) is 11.5. The minimum atomic E-state index is -0.454. The molecule has 2 atom stereocenters. The number of hydrogen-bond acceptors (Lipinski definition) is 5. The summed E-state index contributed by atoms with van der Waals surface area (Å²) in [4.78, 5) is 45.0. The van der Waals surface area contributed by atoms with Crippen molar-refractivity contribution >= 4 is 17.6 Å². The van der Waals surface area contributed by atoms with E-state index in [1.807, 2.05) is 6.92 Å². The van der Waals surface area contributed by atoms with Crippen LogP contribution >= 0.6 is 0 Å². The highest BCUT2D eigenvalue weighted by atomic mass is 16.4. The average Bonchev–Trinajstić information content (AvgIpc) is 2.97. The Morgan fingerprint density at radius 2 is 2.17 bits per heavy atom. The van der Waals surface area contributed by atoms with E-state index in [0.717, 1.165) is 17.7 Å². The van der Waals surface area contributed by atoms with Gasteiger partial charge in [0.05, 0.1) is 0 Å². The first-order valence-corrected chi connectivity index (χ1v) is 8.69. The summed E-state index contributed by atoms with van der Waals surface area (Å²) in [6.07, 6.45) is 3.24. The maximum atomic E-state index is 13.2. The minimum Gasteiger partial charge on any atom is -0.276 e. The maximum Gasteiger partial charge on any atom is 0.398 e. The van der Waals surface area contributed by atoms with E-state index in [0.29, 0.717) is 37.3 Å². The summed E-state index contributed by atoms with van der Waals surface area (Å²) in [7, 11) is 0. The maximum absolute atomic E-state index is 13.2. The Morgan fingerprint density at radius 1 is 1.42 bits per heavy atom. The van der Waals surface area contributed by atoms with Crippen LogP contribution in [0.2, 0.25) is 0 Å². The highest BCUT2D eigenvalue weighted by molar-refractivity contribution is 6.06. The molecule has 0 saturated heterocycles. The SMILES string of the molecule is CCCCC1N=C2C3=C(N(C(C)=O)CNC3)[N+](=O)[N+]2(CCC)C1=O. The molecule has 130 valence electrons. The Morgan fingerprint density at radius 3 is 2.79 bits per heavy atom. The number of carbonyl (C=O) groups excluding carboxylic acids is 2. The molecule has 3 aliphatic heterocycles. The highest BCUT2D eigenvalue weighted by Gasteiger charge is 2.70. The fourth-order valence-electron chi connectivity index (χ4n) is 3.77. The van der Waals surface area contributed by atoms with Gasteiger partial charge in [0.25, 0.3) is 5.84 Å². The molecule has 2 unspecified atom stereocenters. The van der Waals surface area contributed by atoms with Crippen LogP contribution in [0.5, 0.6) is 0 Å². The zero-order valence-corrected chi connectivity index (χ0v) is 14.5. The molecule has 3 heterocycles. The molecule has 8 nitrogen and oxygen atoms in total. The van der Waals surface area contributed by atoms with Crippen molar-refractivity contribution in [3.63, 3.8) is 0 Å². The lowest BCUT2D eigenvalue weighted by atomic mass is 10.1. The monoisotopic (exact) mass is 335 g/mol. The third kappa shape index (κ3) is 2.16. The Kier molecular flexibility index (Phi) is 4.35. The summed E-state index contributed by atoms with van der Waals surface area (Å²) in [5.41, 5.74) is 0.687. The topological polar surface area (TPSA) is 81.8 Å². The smallest absolute Gasteiger partial charge is 0.276 e. The second-order valence-corrected chi connectivity index (χ2v) is 6.55. The third-order valence-electron chi connectivity index (χ3n) is 4.90. The largest absolute Gasteiger partial charge is 0.398 e. The molecule has 24 heavy (non-hydrogen) atoms. The normalized spacial score (nSPS) is 29.0. The Bertz CT molecular complexity index is 669. The van der Waals surface area contributed by atoms with Gasteiger partial charge in [-0.3, -0.25) is 5.32 Å². The quantitative estimate of drug-likeness (QED) is 0.601. The number of nitroso groups, excluding NO2 is 1. The lowest BCUT2D eigenvalue weighted by molar-refractivity contribution is -1.22. The molecule has 0 aromatic rings. The van der Waals surface area contributed by atoms with Crippen LogP contribution in [0.3, 0.4) is 0 Å². The van der Waals surface area contributed by atoms with E-state index in [-0.39, 0.29) is 24.3 Å². The first-order valence-electron chi connectivity index (χ1n) is 8.69. The van der Waals surface area contributed by atoms with Gasteiger partial charge in [-0.2, -0.15) is 4.90 Å². The van der Waals surface area contributed by atoms with Gasteiger partial charge in [0, 0.05) is 13.5 Å². The predicted octanol–water partition coefficient (Wildman–Crippen LogP) is 1.04. The van der Waals surface area contributed by atoms with E-state index in [4.69, 9.17) is 0 Å². The molecule has 1 N–H and O–H groups in total. The first kappa shape index (κ1) is 16.9. The van der Waals surface area contributed by atoms with Crippen molar-refractivity contribution in [3.8, 4) is 0 Å². The Hall–Kier alpha value is -1.93. The van der Waals surface area contributed by atoms with Gasteiger partial charge >= 0.3 is 17.6 Å². The number of hydrogen-bond donors (Lipinski definition) is 1. The Balaban J connectivity index is 2.09. The molecule has 0 spiro atoms. The molecule has 3 aliphatic rings. The molecule has 0 fully saturated rings. The fourth-order valence-corrected chi connectivity index (χ4v) is 3.77. The van der Waals surface area contributed by atoms with E-state index < -0.39 is 10.6 Å². The number of amidine groups is 1. The van der Waals surface area contributed by atoms with E-state index in [2.05, 4.69) is 17.2 Å². The Labute approximate surface area is 141 Å². The van der Waals surface area contributed by atoms with E-state index in [1.54, 1.807) is 0 Å². The number of aliphatic imine (C=N–C) groups is 1. The van der Waals surface area contributed by atoms with Gasteiger partial charge in [0.15, 0.2) is 16.5 Å². The van der Waals surface area contributed by atoms with Crippen LogP contribution in [-0.4, -0.2) is 57.8 Å². The second kappa shape index (κ2) is 6.18. The van der Waals surface area contributed by atoms with Crippen LogP contribution in [0.1, 0.15) is 46.5 Å². The number of amides is 2. The summed E-state index contributed by atoms with van der Waals surface area (Å²) >= 11 is 0. The van der Waals surface area contributed by atoms with Crippen molar-refractivity contribution < 1.29 is 19.1 Å². The number of unbranched alkanes of at least 4 members (excludes halogenated alkanes) is 1. The van der Waals surface area contributed by atoms with E-state index >= 15 is 0 Å². The van der Waals surface area contributed by atoms with Crippen LogP contribution < -0.4 is 5.32 Å². The average molecular weight is 335 g/mol. The van der Waals surface area contributed by atoms with Crippen LogP contribution in [0.4, 0.5) is 0 Å². The van der Waals surface area contributed by atoms with Gasteiger partial charge < -0.3 is 0 Å². The van der Waals surface area contributed by atoms with Crippen LogP contribution in [-0.2, 0) is 9.59 Å². The third-order valence-corrected chi connectivity index (χ3v) is 4.90. The molecule has 0 aromatic heterocycles. The van der Waals surface area contributed by atoms with Crippen LogP contribution in [0.25, 0.3) is 0 Å². The molecule has 0 aromatic carbocycles. The standard InChI is InChI=1S/C16H25N5O3/c1-4-6-7-13-16(23)21(8-5-2)14(18-13)12-9-17-10-19(11(3)22)15(12)20(21)24/h13,17H,4-10H2,1-3H3/q+2. The minimum absolute atomic E-state index is 0.159. The summed E-state index contributed by atoms with van der Waals surface area (Å²) in [5, 5.41) is 3.13. The second-order valence-electron chi connectivity index (χ2n) is 6.55. The molecule has 0 radical (unpaired) electrons. The lowest BCUT2D eigenvalue weighted by Gasteiger charge is -2.21. The van der Waals surface area contributed by atoms with Gasteiger partial charge in [-0.05, 0) is 22.3 Å². The molecular formula is C16H25N5O3+2. The van der Waals surface area contributed by atoms with Crippen molar-refractivity contribution in [2.75, 3.05) is 19.8 Å². The zero-order valence-electron chi connectivity index (χ0n) is 14.5. The van der Waals surface area contributed by atoms with Crippen LogP contribution in [0, 0.1) is 4.91 Å². The molecule has 3 rings (SSSR count). The molecule has 2 amide bonds. The number of rotatable bonds is 5. The van der Waals surface area contributed by atoms with Gasteiger partial charge in [0.2, 0.25) is 0 Å². The van der Waals surface area contributed by atoms with Crippen molar-refractivity contribution in [1.82, 2.24) is 10.2 Å². The van der Waals surface area contributed by atoms with Gasteiger partial charge in [-0.1, -0.05) is 26.7 Å². The van der Waals surface area contributed by atoms with Crippen molar-refractivity contribution in [3.05, 3.63) is 16.3 Å². The van der Waals surface area contributed by atoms with Crippen molar-refractivity contribution in [2.24, 2.45) is 4.99 Å². The summed E-state index contributed by atoms with van der Waals surface area (Å²) in [5.74, 6) is 0.442. The van der Waals surface area contributed by atoms with Gasteiger partial charge in [-0.15, -0.1) is 0 Å². The van der Waals surface area contributed by atoms with Crippen molar-refractivity contribution in [2.45, 2.75) is 52.5 Å². The molecule has 0 bridgehead atoms. The van der Waals surface area contributed by atoms with E-state index in [1.165, 1.54) is 11.8 Å². The molecular weight excluding hydrogens is 310 g/mol. The zero-order chi connectivity index (χ0) is 17.5.